The smallest absolute Gasteiger partial charge is 0.255 e. The molecule has 1 rings (SSSR count). The topological polar surface area (TPSA) is 166 Å². The van der Waals surface area contributed by atoms with Gasteiger partial charge in [-0.1, -0.05) is 0 Å². The first-order valence-corrected chi connectivity index (χ1v) is 10.5. The zero-order valence-electron chi connectivity index (χ0n) is 16.0. The lowest BCUT2D eigenvalue weighted by Gasteiger charge is -2.04. The minimum Gasteiger partial charge on any atom is -0.722 e. The van der Waals surface area contributed by atoms with Gasteiger partial charge in [0.15, 0.2) is 24.5 Å². The molecule has 0 aromatic rings. The van der Waals surface area contributed by atoms with Crippen molar-refractivity contribution in [3.8, 4) is 0 Å². The van der Waals surface area contributed by atoms with Gasteiger partial charge in [0.2, 0.25) is 0 Å². The van der Waals surface area contributed by atoms with Crippen molar-refractivity contribution in [2.24, 2.45) is 0 Å². The number of hydrogen-bond acceptors (Lipinski definition) is 8. The predicted molar refractivity (Wildman–Crippen MR) is 98.2 cm³/mol. The summed E-state index contributed by atoms with van der Waals surface area (Å²) in [6.07, 6.45) is 4.29. The SMILES string of the molecule is CC1=[NH+]CCN/C(C)=C/C(C)=[NH+]CCN/C(C)=C/1.O=S(=O)([O-])F.O=S(=O)([O-])F. The monoisotopic (exact) mass is 448 g/mol. The lowest BCUT2D eigenvalue weighted by atomic mass is 10.3. The summed E-state index contributed by atoms with van der Waals surface area (Å²) < 4.78 is 70.7. The third-order valence-corrected chi connectivity index (χ3v) is 2.73. The van der Waals surface area contributed by atoms with Gasteiger partial charge in [-0.15, -0.1) is 7.77 Å². The van der Waals surface area contributed by atoms with E-state index in [1.54, 1.807) is 0 Å². The maximum Gasteiger partial charge on any atom is 0.255 e. The second kappa shape index (κ2) is 14.1. The lowest BCUT2D eigenvalue weighted by Crippen LogP contribution is -2.74. The van der Waals surface area contributed by atoms with Crippen molar-refractivity contribution < 1.29 is 43.7 Å². The van der Waals surface area contributed by atoms with Gasteiger partial charge >= 0.3 is 0 Å². The molecule has 0 aromatic heterocycles. The highest BCUT2D eigenvalue weighted by atomic mass is 32.3. The molecule has 0 spiro atoms. The Hall–Kier alpha value is -1.90. The van der Waals surface area contributed by atoms with E-state index in [2.05, 4.69) is 60.5 Å². The number of rotatable bonds is 0. The molecule has 164 valence electrons. The number of allylic oxidation sites excluding steroid dienone is 4. The fraction of sp³-hybridized carbons (Fsp3) is 0.571. The van der Waals surface area contributed by atoms with Crippen molar-refractivity contribution in [2.45, 2.75) is 27.7 Å². The summed E-state index contributed by atoms with van der Waals surface area (Å²) in [5, 5.41) is 6.77. The molecule has 0 amide bonds. The van der Waals surface area contributed by atoms with E-state index in [0.29, 0.717) is 0 Å². The molecule has 0 aromatic carbocycles. The maximum absolute atomic E-state index is 10.1. The van der Waals surface area contributed by atoms with Crippen LogP contribution < -0.4 is 20.6 Å². The molecule has 1 aliphatic heterocycles. The van der Waals surface area contributed by atoms with Crippen molar-refractivity contribution in [3.63, 3.8) is 0 Å². The Morgan fingerprint density at radius 2 is 1.04 bits per heavy atom. The molecule has 1 aliphatic rings. The molecule has 0 bridgehead atoms. The van der Waals surface area contributed by atoms with Crippen LogP contribution in [0.5, 0.6) is 0 Å². The summed E-state index contributed by atoms with van der Waals surface area (Å²) in [4.78, 5) is 6.77. The Bertz CT molecular complexity index is 722. The molecular weight excluding hydrogens is 422 g/mol. The number of nitrogens with one attached hydrogen (secondary N) is 4. The zero-order chi connectivity index (χ0) is 22.4. The average Bonchev–Trinajstić information content (AvgIpc) is 2.44. The van der Waals surface area contributed by atoms with Crippen molar-refractivity contribution >= 4 is 32.4 Å². The highest BCUT2D eigenvalue weighted by Crippen LogP contribution is 1.85. The zero-order valence-corrected chi connectivity index (χ0v) is 17.6. The minimum atomic E-state index is -5.42. The highest BCUT2D eigenvalue weighted by Gasteiger charge is 2.00. The summed E-state index contributed by atoms with van der Waals surface area (Å²) in [5.41, 5.74) is 4.76. The second-order valence-corrected chi connectivity index (χ2v) is 7.09. The van der Waals surface area contributed by atoms with Crippen molar-refractivity contribution in [1.29, 1.82) is 0 Å². The van der Waals surface area contributed by atoms with Crippen LogP contribution in [-0.2, 0) is 21.0 Å². The average molecular weight is 449 g/mol. The molecule has 0 radical (unpaired) electrons. The van der Waals surface area contributed by atoms with Crippen LogP contribution in [0.4, 0.5) is 7.77 Å². The fourth-order valence-corrected chi connectivity index (χ4v) is 1.89. The van der Waals surface area contributed by atoms with E-state index >= 15 is 0 Å². The normalized spacial score (nSPS) is 20.3. The second-order valence-electron chi connectivity index (χ2n) is 5.51. The molecular formula is C14H26F2N4O6S2. The molecule has 10 nitrogen and oxygen atoms in total. The van der Waals surface area contributed by atoms with E-state index in [0.717, 1.165) is 26.2 Å². The number of halogens is 2. The van der Waals surface area contributed by atoms with Crippen LogP contribution in [0.2, 0.25) is 0 Å². The van der Waals surface area contributed by atoms with E-state index < -0.39 is 21.0 Å². The van der Waals surface area contributed by atoms with E-state index in [-0.39, 0.29) is 0 Å². The molecule has 4 N–H and O–H groups in total. The van der Waals surface area contributed by atoms with Crippen molar-refractivity contribution in [1.82, 2.24) is 10.6 Å². The van der Waals surface area contributed by atoms with Crippen LogP contribution in [-0.4, -0.2) is 63.5 Å². The van der Waals surface area contributed by atoms with Crippen LogP contribution in [0.3, 0.4) is 0 Å². The molecule has 0 atom stereocenters. The molecule has 14 heteroatoms. The van der Waals surface area contributed by atoms with Crippen LogP contribution in [0, 0.1) is 0 Å². The summed E-state index contributed by atoms with van der Waals surface area (Å²) >= 11 is 0. The van der Waals surface area contributed by atoms with E-state index in [1.807, 2.05) is 0 Å². The molecule has 0 unspecified atom stereocenters. The molecule has 0 aliphatic carbocycles. The summed E-state index contributed by atoms with van der Waals surface area (Å²) in [6, 6.07) is 0. The standard InChI is InChI=1S/C14H24N4.2FHO3S/c1-11-9-12(2)16-7-8-18-14(4)10-13(3)17-6-5-15-11;2*1-5(2,3)4/h9-10,15,18H,5-8H2,1-4H3;2*(H,2,3,4)/b11-9+,14-10+,16-12?,17-13?;;. The van der Waals surface area contributed by atoms with Gasteiger partial charge < -0.3 is 19.7 Å². The third-order valence-electron chi connectivity index (χ3n) is 2.73. The van der Waals surface area contributed by atoms with Crippen molar-refractivity contribution in [2.75, 3.05) is 26.2 Å². The van der Waals surface area contributed by atoms with Gasteiger partial charge in [0.1, 0.15) is 0 Å². The number of hydrogen-bond donors (Lipinski definition) is 4. The Morgan fingerprint density at radius 1 is 0.786 bits per heavy atom. The summed E-state index contributed by atoms with van der Waals surface area (Å²) in [6.45, 7) is 12.1. The van der Waals surface area contributed by atoms with Gasteiger partial charge in [-0.3, -0.25) is 0 Å². The molecule has 0 saturated carbocycles. The Kier molecular flexibility index (Phi) is 14.3. The summed E-state index contributed by atoms with van der Waals surface area (Å²) in [7, 11) is -10.8. The van der Waals surface area contributed by atoms with Crippen LogP contribution >= 0.6 is 0 Å². The molecule has 0 saturated heterocycles. The fourth-order valence-electron chi connectivity index (χ4n) is 1.89. The predicted octanol–water partition coefficient (Wildman–Crippen LogP) is -3.10. The Labute approximate surface area is 164 Å². The maximum atomic E-state index is 10.1. The van der Waals surface area contributed by atoms with Gasteiger partial charge in [0, 0.05) is 37.4 Å². The first-order valence-electron chi connectivity index (χ1n) is 7.88. The van der Waals surface area contributed by atoms with Crippen LogP contribution in [0.1, 0.15) is 27.7 Å². The summed E-state index contributed by atoms with van der Waals surface area (Å²) in [5.74, 6) is 0. The van der Waals surface area contributed by atoms with Gasteiger partial charge in [-0.25, -0.2) is 26.8 Å². The van der Waals surface area contributed by atoms with Gasteiger partial charge in [-0.2, -0.15) is 0 Å². The minimum absolute atomic E-state index is 0.924. The largest absolute Gasteiger partial charge is 0.722 e. The van der Waals surface area contributed by atoms with Gasteiger partial charge in [-0.05, 0) is 13.8 Å². The van der Waals surface area contributed by atoms with E-state index in [9.17, 15) is 7.77 Å². The van der Waals surface area contributed by atoms with Crippen LogP contribution in [0.25, 0.3) is 0 Å². The van der Waals surface area contributed by atoms with Crippen molar-refractivity contribution in [3.05, 3.63) is 23.5 Å². The van der Waals surface area contributed by atoms with Crippen LogP contribution in [0.15, 0.2) is 23.5 Å². The Morgan fingerprint density at radius 3 is 1.29 bits per heavy atom. The molecule has 0 fully saturated rings. The lowest BCUT2D eigenvalue weighted by molar-refractivity contribution is -0.455. The molecule has 1 heterocycles. The first-order chi connectivity index (χ1) is 12.6. The van der Waals surface area contributed by atoms with Gasteiger partial charge in [0.25, 0.3) is 21.0 Å². The Balaban J connectivity index is 0. The quantitative estimate of drug-likeness (QED) is 0.223. The highest BCUT2D eigenvalue weighted by molar-refractivity contribution is 7.80. The first kappa shape index (κ1) is 28.3. The van der Waals surface area contributed by atoms with E-state index in [4.69, 9.17) is 25.9 Å². The third kappa shape index (κ3) is 31.8. The van der Waals surface area contributed by atoms with E-state index in [1.165, 1.54) is 22.8 Å². The van der Waals surface area contributed by atoms with Gasteiger partial charge in [0.05, 0.1) is 13.1 Å². The molecule has 28 heavy (non-hydrogen) atoms.